The van der Waals surface area contributed by atoms with Crippen molar-refractivity contribution in [3.05, 3.63) is 46.6 Å². The van der Waals surface area contributed by atoms with E-state index in [-0.39, 0.29) is 16.3 Å². The minimum absolute atomic E-state index is 0.0180. The van der Waals surface area contributed by atoms with Gasteiger partial charge >= 0.3 is 6.18 Å². The number of aromatic nitrogens is 1. The number of nitrogens with zero attached hydrogens (tertiary/aromatic N) is 2. The first-order valence-corrected chi connectivity index (χ1v) is 10.3. The van der Waals surface area contributed by atoms with E-state index in [4.69, 9.17) is 0 Å². The van der Waals surface area contributed by atoms with Gasteiger partial charge in [-0.2, -0.15) is 17.5 Å². The van der Waals surface area contributed by atoms with Gasteiger partial charge in [0.05, 0.1) is 12.1 Å². The summed E-state index contributed by atoms with van der Waals surface area (Å²) in [5.74, 6) is -0.599. The lowest BCUT2D eigenvalue weighted by Gasteiger charge is -2.16. The molecular weight excluding hydrogens is 403 g/mol. The van der Waals surface area contributed by atoms with Gasteiger partial charge in [-0.15, -0.1) is 11.3 Å². The molecule has 0 fully saturated rings. The molecule has 27 heavy (non-hydrogen) atoms. The van der Waals surface area contributed by atoms with E-state index < -0.39 is 27.8 Å². The molecule has 2 aromatic rings. The topological polar surface area (TPSA) is 79.4 Å². The molecule has 0 aliphatic carbocycles. The maximum atomic E-state index is 12.5. The molecule has 0 bridgehead atoms. The van der Waals surface area contributed by atoms with E-state index in [2.05, 4.69) is 10.3 Å². The molecule has 1 N–H and O–H groups in total. The first-order chi connectivity index (χ1) is 12.6. The van der Waals surface area contributed by atoms with Gasteiger partial charge in [-0.25, -0.2) is 8.42 Å². The van der Waals surface area contributed by atoms with Gasteiger partial charge in [0, 0.05) is 24.2 Å². The van der Waals surface area contributed by atoms with Crippen molar-refractivity contribution < 1.29 is 26.4 Å². The highest BCUT2D eigenvalue weighted by atomic mass is 32.2. The number of nitrogens with one attached hydrogen (secondary N) is 1. The molecule has 0 saturated carbocycles. The molecule has 0 radical (unpaired) electrons. The molecule has 2 rings (SSSR count). The van der Waals surface area contributed by atoms with Crippen LogP contribution in [0.4, 0.5) is 13.2 Å². The number of hydrogen-bond acceptors (Lipinski definition) is 5. The zero-order valence-electron chi connectivity index (χ0n) is 14.6. The van der Waals surface area contributed by atoms with Gasteiger partial charge < -0.3 is 5.32 Å². The van der Waals surface area contributed by atoms with Crippen molar-refractivity contribution in [2.75, 3.05) is 13.1 Å². The predicted molar refractivity (Wildman–Crippen MR) is 94.8 cm³/mol. The number of sulfonamides is 1. The maximum absolute atomic E-state index is 12.5. The highest BCUT2D eigenvalue weighted by molar-refractivity contribution is 7.91. The monoisotopic (exact) mass is 421 g/mol. The number of alkyl halides is 3. The third-order valence-corrected chi connectivity index (χ3v) is 7.28. The largest absolute Gasteiger partial charge is 0.433 e. The van der Waals surface area contributed by atoms with Crippen molar-refractivity contribution in [1.29, 1.82) is 0 Å². The normalized spacial score (nSPS) is 12.4. The summed E-state index contributed by atoms with van der Waals surface area (Å²) in [7, 11) is -3.57. The quantitative estimate of drug-likeness (QED) is 0.745. The van der Waals surface area contributed by atoms with Crippen LogP contribution in [0.1, 0.15) is 34.8 Å². The molecular formula is C16H18F3N3O3S2. The van der Waals surface area contributed by atoms with Crippen LogP contribution in [0.3, 0.4) is 0 Å². The number of rotatable bonds is 7. The van der Waals surface area contributed by atoms with Gasteiger partial charge in [0.1, 0.15) is 9.90 Å². The first kappa shape index (κ1) is 21.3. The fraction of sp³-hybridized carbons (Fsp3) is 0.375. The molecule has 1 amide bonds. The summed E-state index contributed by atoms with van der Waals surface area (Å²) in [6.45, 7) is 4.24. The Hall–Kier alpha value is -1.98. The van der Waals surface area contributed by atoms with Crippen molar-refractivity contribution in [1.82, 2.24) is 14.6 Å². The lowest BCUT2D eigenvalue weighted by Crippen LogP contribution is -2.30. The van der Waals surface area contributed by atoms with Crippen molar-refractivity contribution in [2.24, 2.45) is 0 Å². The molecule has 0 aromatic carbocycles. The Kier molecular flexibility index (Phi) is 6.60. The molecule has 0 unspecified atom stereocenters. The van der Waals surface area contributed by atoms with E-state index in [9.17, 15) is 26.4 Å². The van der Waals surface area contributed by atoms with Crippen LogP contribution in [0.5, 0.6) is 0 Å². The van der Waals surface area contributed by atoms with Crippen LogP contribution in [0.2, 0.25) is 0 Å². The summed E-state index contributed by atoms with van der Waals surface area (Å²) < 4.78 is 63.8. The lowest BCUT2D eigenvalue weighted by atomic mass is 10.2. The van der Waals surface area contributed by atoms with Crippen molar-refractivity contribution in [2.45, 2.75) is 30.8 Å². The predicted octanol–water partition coefficient (Wildman–Crippen LogP) is 3.12. The summed E-state index contributed by atoms with van der Waals surface area (Å²) in [6.07, 6.45) is -3.72. The smallest absolute Gasteiger partial charge is 0.347 e. The maximum Gasteiger partial charge on any atom is 0.433 e. The molecule has 0 aliphatic heterocycles. The van der Waals surface area contributed by atoms with E-state index in [1.165, 1.54) is 10.4 Å². The lowest BCUT2D eigenvalue weighted by molar-refractivity contribution is -0.141. The molecule has 0 aliphatic rings. The summed E-state index contributed by atoms with van der Waals surface area (Å²) in [4.78, 5) is 15.9. The van der Waals surface area contributed by atoms with Crippen LogP contribution in [0, 0.1) is 0 Å². The van der Waals surface area contributed by atoms with E-state index in [1.54, 1.807) is 19.9 Å². The number of thiophene rings is 1. The van der Waals surface area contributed by atoms with Crippen LogP contribution < -0.4 is 5.32 Å². The SMILES string of the molecule is CCN(CC)S(=O)(=O)c1ccc(CNC(=O)c2ccc(C(F)(F)F)nc2)s1. The zero-order chi connectivity index (χ0) is 20.2. The average molecular weight is 421 g/mol. The van der Waals surface area contributed by atoms with Gasteiger partial charge in [0.15, 0.2) is 0 Å². The molecule has 6 nitrogen and oxygen atoms in total. The molecule has 0 atom stereocenters. The van der Waals surface area contributed by atoms with E-state index in [0.29, 0.717) is 18.0 Å². The molecule has 2 aromatic heterocycles. The number of halogens is 3. The minimum atomic E-state index is -4.57. The number of pyridine rings is 1. The fourth-order valence-electron chi connectivity index (χ4n) is 2.25. The second-order valence-electron chi connectivity index (χ2n) is 5.42. The van der Waals surface area contributed by atoms with Gasteiger partial charge in [0.2, 0.25) is 0 Å². The van der Waals surface area contributed by atoms with Gasteiger partial charge in [0.25, 0.3) is 15.9 Å². The van der Waals surface area contributed by atoms with Crippen LogP contribution >= 0.6 is 11.3 Å². The third kappa shape index (κ3) is 5.05. The Bertz CT molecular complexity index is 890. The standard InChI is InChI=1S/C16H18F3N3O3S2/c1-3-22(4-2)27(24,25)14-8-6-12(26-14)10-21-15(23)11-5-7-13(20-9-11)16(17,18)19/h5-9H,3-4,10H2,1-2H3,(H,21,23). The van der Waals surface area contributed by atoms with Gasteiger partial charge in [-0.05, 0) is 24.3 Å². The highest BCUT2D eigenvalue weighted by Crippen LogP contribution is 2.27. The fourth-order valence-corrected chi connectivity index (χ4v) is 5.16. The zero-order valence-corrected chi connectivity index (χ0v) is 16.2. The van der Waals surface area contributed by atoms with E-state index >= 15 is 0 Å². The Morgan fingerprint density at radius 1 is 1.19 bits per heavy atom. The summed E-state index contributed by atoms with van der Waals surface area (Å²) in [5.41, 5.74) is -1.10. The third-order valence-electron chi connectivity index (χ3n) is 3.68. The summed E-state index contributed by atoms with van der Waals surface area (Å²) in [6, 6.07) is 4.83. The summed E-state index contributed by atoms with van der Waals surface area (Å²) >= 11 is 1.03. The van der Waals surface area contributed by atoms with Crippen LogP contribution in [-0.4, -0.2) is 36.7 Å². The second kappa shape index (κ2) is 8.36. The first-order valence-electron chi connectivity index (χ1n) is 7.99. The highest BCUT2D eigenvalue weighted by Gasteiger charge is 2.32. The Balaban J connectivity index is 2.03. The molecule has 2 heterocycles. The van der Waals surface area contributed by atoms with Crippen molar-refractivity contribution >= 4 is 27.3 Å². The van der Waals surface area contributed by atoms with Crippen molar-refractivity contribution in [3.8, 4) is 0 Å². The number of amides is 1. The van der Waals surface area contributed by atoms with E-state index in [0.717, 1.165) is 29.7 Å². The summed E-state index contributed by atoms with van der Waals surface area (Å²) in [5, 5.41) is 2.54. The minimum Gasteiger partial charge on any atom is -0.347 e. The van der Waals surface area contributed by atoms with E-state index in [1.807, 2.05) is 0 Å². The molecule has 0 saturated heterocycles. The van der Waals surface area contributed by atoms with Crippen LogP contribution in [-0.2, 0) is 22.7 Å². The molecule has 11 heteroatoms. The molecule has 148 valence electrons. The van der Waals surface area contributed by atoms with Gasteiger partial charge in [-0.3, -0.25) is 9.78 Å². The Labute approximate surface area is 159 Å². The average Bonchev–Trinajstić information content (AvgIpc) is 3.10. The Morgan fingerprint density at radius 2 is 1.85 bits per heavy atom. The second-order valence-corrected chi connectivity index (χ2v) is 8.76. The molecule has 0 spiro atoms. The van der Waals surface area contributed by atoms with Crippen molar-refractivity contribution in [3.63, 3.8) is 0 Å². The number of carbonyl (C=O) groups is 1. The van der Waals surface area contributed by atoms with Gasteiger partial charge in [-0.1, -0.05) is 13.8 Å². The Morgan fingerprint density at radius 3 is 2.37 bits per heavy atom. The van der Waals surface area contributed by atoms with Crippen LogP contribution in [0.15, 0.2) is 34.7 Å². The number of carbonyl (C=O) groups excluding carboxylic acids is 1. The number of hydrogen-bond donors (Lipinski definition) is 1. The van der Waals surface area contributed by atoms with Crippen LogP contribution in [0.25, 0.3) is 0 Å².